The van der Waals surface area contributed by atoms with Crippen molar-refractivity contribution in [2.75, 3.05) is 5.73 Å². The van der Waals surface area contributed by atoms with Gasteiger partial charge in [0.1, 0.15) is 0 Å². The Hall–Kier alpha value is -1.32. The van der Waals surface area contributed by atoms with Crippen molar-refractivity contribution in [2.24, 2.45) is 7.05 Å². The van der Waals surface area contributed by atoms with Gasteiger partial charge in [-0.05, 0) is 13.8 Å². The molecule has 1 aromatic rings. The molecule has 0 aliphatic heterocycles. The number of anilines is 1. The maximum absolute atomic E-state index is 11.1. The average molecular weight is 153 g/mol. The van der Waals surface area contributed by atoms with E-state index in [0.717, 1.165) is 11.4 Å². The van der Waals surface area contributed by atoms with Gasteiger partial charge in [-0.15, -0.1) is 0 Å². The zero-order valence-electron chi connectivity index (χ0n) is 6.88. The monoisotopic (exact) mass is 153 g/mol. The van der Waals surface area contributed by atoms with Crippen LogP contribution in [0.25, 0.3) is 0 Å². The summed E-state index contributed by atoms with van der Waals surface area (Å²) >= 11 is 0. The van der Waals surface area contributed by atoms with Gasteiger partial charge < -0.3 is 10.3 Å². The van der Waals surface area contributed by atoms with Gasteiger partial charge in [-0.25, -0.2) is 4.98 Å². The summed E-state index contributed by atoms with van der Waals surface area (Å²) in [5.74, 6) is 0.0654. The molecule has 1 heterocycles. The number of nitrogens with zero attached hydrogens (tertiary/aromatic N) is 2. The van der Waals surface area contributed by atoms with Crippen LogP contribution in [-0.2, 0) is 7.05 Å². The van der Waals surface area contributed by atoms with E-state index in [-0.39, 0.29) is 11.4 Å². The molecular formula is C7H11N3O. The number of aromatic nitrogens is 2. The second-order valence-electron chi connectivity index (χ2n) is 2.53. The highest BCUT2D eigenvalue weighted by atomic mass is 16.1. The van der Waals surface area contributed by atoms with E-state index in [0.29, 0.717) is 0 Å². The normalized spacial score (nSPS) is 10.1. The SMILES string of the molecule is Cc1nc(N)c(=O)n(C)c1C. The second-order valence-corrected chi connectivity index (χ2v) is 2.53. The number of hydrogen-bond acceptors (Lipinski definition) is 3. The van der Waals surface area contributed by atoms with Crippen molar-refractivity contribution in [1.29, 1.82) is 0 Å². The summed E-state index contributed by atoms with van der Waals surface area (Å²) in [4.78, 5) is 15.0. The molecule has 0 aromatic carbocycles. The first-order valence-electron chi connectivity index (χ1n) is 3.33. The minimum absolute atomic E-state index is 0.0654. The third kappa shape index (κ3) is 1.11. The first-order chi connectivity index (χ1) is 5.04. The number of aryl methyl sites for hydroxylation is 1. The molecule has 4 heteroatoms. The van der Waals surface area contributed by atoms with E-state index in [4.69, 9.17) is 5.73 Å². The zero-order chi connectivity index (χ0) is 8.59. The third-order valence-corrected chi connectivity index (χ3v) is 1.84. The van der Waals surface area contributed by atoms with Crippen LogP contribution in [0.5, 0.6) is 0 Å². The highest BCUT2D eigenvalue weighted by Gasteiger charge is 2.03. The molecule has 0 fully saturated rings. The van der Waals surface area contributed by atoms with Gasteiger partial charge in [0.2, 0.25) is 0 Å². The molecule has 0 aliphatic rings. The maximum atomic E-state index is 11.1. The van der Waals surface area contributed by atoms with E-state index in [1.807, 2.05) is 13.8 Å². The minimum atomic E-state index is -0.229. The van der Waals surface area contributed by atoms with Gasteiger partial charge in [-0.3, -0.25) is 4.79 Å². The Labute approximate surface area is 64.7 Å². The lowest BCUT2D eigenvalue weighted by molar-refractivity contribution is 0.790. The summed E-state index contributed by atoms with van der Waals surface area (Å²) in [5.41, 5.74) is 6.76. The molecule has 0 aliphatic carbocycles. The van der Waals surface area contributed by atoms with E-state index in [2.05, 4.69) is 4.98 Å². The van der Waals surface area contributed by atoms with E-state index >= 15 is 0 Å². The van der Waals surface area contributed by atoms with Crippen LogP contribution >= 0.6 is 0 Å². The Bertz CT molecular complexity index is 340. The molecule has 0 radical (unpaired) electrons. The maximum Gasteiger partial charge on any atom is 0.293 e. The molecule has 2 N–H and O–H groups in total. The minimum Gasteiger partial charge on any atom is -0.379 e. The van der Waals surface area contributed by atoms with Gasteiger partial charge in [0, 0.05) is 12.7 Å². The average Bonchev–Trinajstić information content (AvgIpc) is 1.97. The molecule has 0 saturated carbocycles. The highest BCUT2D eigenvalue weighted by molar-refractivity contribution is 5.27. The van der Waals surface area contributed by atoms with Crippen LogP contribution in [0.15, 0.2) is 4.79 Å². The van der Waals surface area contributed by atoms with Crippen molar-refractivity contribution in [3.63, 3.8) is 0 Å². The van der Waals surface area contributed by atoms with Crippen LogP contribution < -0.4 is 11.3 Å². The Balaban J connectivity index is 3.59. The lowest BCUT2D eigenvalue weighted by atomic mass is 10.3. The van der Waals surface area contributed by atoms with Crippen molar-refractivity contribution in [1.82, 2.24) is 9.55 Å². The van der Waals surface area contributed by atoms with Crippen LogP contribution in [0.3, 0.4) is 0 Å². The Kier molecular flexibility index (Phi) is 1.68. The van der Waals surface area contributed by atoms with Crippen molar-refractivity contribution >= 4 is 5.82 Å². The quantitative estimate of drug-likeness (QED) is 0.569. The smallest absolute Gasteiger partial charge is 0.293 e. The van der Waals surface area contributed by atoms with Crippen LogP contribution in [0, 0.1) is 13.8 Å². The van der Waals surface area contributed by atoms with Crippen molar-refractivity contribution in [3.05, 3.63) is 21.7 Å². The fraction of sp³-hybridized carbons (Fsp3) is 0.429. The van der Waals surface area contributed by atoms with Gasteiger partial charge in [0.15, 0.2) is 5.82 Å². The summed E-state index contributed by atoms with van der Waals surface area (Å²) in [7, 11) is 1.68. The molecular weight excluding hydrogens is 142 g/mol. The summed E-state index contributed by atoms with van der Waals surface area (Å²) in [5, 5.41) is 0. The molecule has 4 nitrogen and oxygen atoms in total. The summed E-state index contributed by atoms with van der Waals surface area (Å²) in [6.45, 7) is 3.66. The van der Waals surface area contributed by atoms with E-state index in [1.165, 1.54) is 4.57 Å². The molecule has 1 aromatic heterocycles. The zero-order valence-corrected chi connectivity index (χ0v) is 6.88. The summed E-state index contributed by atoms with van der Waals surface area (Å²) < 4.78 is 1.50. The fourth-order valence-electron chi connectivity index (χ4n) is 0.876. The molecule has 11 heavy (non-hydrogen) atoms. The molecule has 0 bridgehead atoms. The molecule has 0 saturated heterocycles. The van der Waals surface area contributed by atoms with E-state index in [9.17, 15) is 4.79 Å². The number of hydrogen-bond donors (Lipinski definition) is 1. The van der Waals surface area contributed by atoms with Crippen molar-refractivity contribution in [2.45, 2.75) is 13.8 Å². The van der Waals surface area contributed by atoms with Crippen molar-refractivity contribution < 1.29 is 0 Å². The lowest BCUT2D eigenvalue weighted by Gasteiger charge is -2.05. The Morgan fingerprint density at radius 1 is 1.45 bits per heavy atom. The van der Waals surface area contributed by atoms with Crippen molar-refractivity contribution in [3.8, 4) is 0 Å². The molecule has 0 spiro atoms. The molecule has 0 atom stereocenters. The predicted octanol–water partition coefficient (Wildman–Crippen LogP) is -0.0207. The van der Waals surface area contributed by atoms with Gasteiger partial charge in [-0.2, -0.15) is 0 Å². The van der Waals surface area contributed by atoms with E-state index < -0.39 is 0 Å². The molecule has 0 unspecified atom stereocenters. The largest absolute Gasteiger partial charge is 0.379 e. The second kappa shape index (κ2) is 2.38. The number of nitrogens with two attached hydrogens (primary N) is 1. The number of nitrogen functional groups attached to an aromatic ring is 1. The molecule has 1 rings (SSSR count). The van der Waals surface area contributed by atoms with Crippen LogP contribution in [-0.4, -0.2) is 9.55 Å². The van der Waals surface area contributed by atoms with E-state index in [1.54, 1.807) is 7.05 Å². The van der Waals surface area contributed by atoms with Gasteiger partial charge in [-0.1, -0.05) is 0 Å². The summed E-state index contributed by atoms with van der Waals surface area (Å²) in [6, 6.07) is 0. The van der Waals surface area contributed by atoms with Crippen LogP contribution in [0.2, 0.25) is 0 Å². The first kappa shape index (κ1) is 7.78. The Morgan fingerprint density at radius 2 is 2.00 bits per heavy atom. The third-order valence-electron chi connectivity index (χ3n) is 1.84. The highest BCUT2D eigenvalue weighted by Crippen LogP contribution is 1.99. The summed E-state index contributed by atoms with van der Waals surface area (Å²) in [6.07, 6.45) is 0. The molecule has 0 amide bonds. The topological polar surface area (TPSA) is 60.9 Å². The molecule has 60 valence electrons. The van der Waals surface area contributed by atoms with Gasteiger partial charge >= 0.3 is 0 Å². The first-order valence-corrected chi connectivity index (χ1v) is 3.33. The van der Waals surface area contributed by atoms with Crippen LogP contribution in [0.1, 0.15) is 11.4 Å². The fourth-order valence-corrected chi connectivity index (χ4v) is 0.876. The standard InChI is InChI=1S/C7H11N3O/c1-4-5(2)10(3)7(11)6(8)9-4/h1-3H3,(H2,8,9). The predicted molar refractivity (Wildman–Crippen MR) is 43.4 cm³/mol. The van der Waals surface area contributed by atoms with Gasteiger partial charge in [0.05, 0.1) is 5.69 Å². The number of rotatable bonds is 0. The van der Waals surface area contributed by atoms with Crippen LogP contribution in [0.4, 0.5) is 5.82 Å². The van der Waals surface area contributed by atoms with Gasteiger partial charge in [0.25, 0.3) is 5.56 Å². The lowest BCUT2D eigenvalue weighted by Crippen LogP contribution is -2.24. The Morgan fingerprint density at radius 3 is 2.55 bits per heavy atom.